The lowest BCUT2D eigenvalue weighted by Crippen LogP contribution is -2.44. The standard InChI is InChI=1S/C16H22N4O/c1-11-4-5-14(10-12(11)2)16-18-15(19-21-16)13(3)20-8-6-17-7-9-20/h4-5,10,13,17H,6-9H2,1-3H3. The van der Waals surface area contributed by atoms with Gasteiger partial charge in [-0.2, -0.15) is 4.98 Å². The lowest BCUT2D eigenvalue weighted by atomic mass is 10.1. The number of piperazine rings is 1. The van der Waals surface area contributed by atoms with E-state index in [1.807, 2.05) is 6.07 Å². The first-order valence-corrected chi connectivity index (χ1v) is 7.51. The minimum Gasteiger partial charge on any atom is -0.334 e. The summed E-state index contributed by atoms with van der Waals surface area (Å²) in [5, 5.41) is 7.53. The van der Waals surface area contributed by atoms with Crippen molar-refractivity contribution in [1.29, 1.82) is 0 Å². The number of aryl methyl sites for hydroxylation is 2. The van der Waals surface area contributed by atoms with Gasteiger partial charge in [0.15, 0.2) is 5.82 Å². The molecule has 1 atom stereocenters. The molecule has 2 aromatic rings. The Morgan fingerprint density at radius 3 is 2.67 bits per heavy atom. The van der Waals surface area contributed by atoms with Gasteiger partial charge in [0, 0.05) is 31.7 Å². The Labute approximate surface area is 125 Å². The van der Waals surface area contributed by atoms with E-state index in [4.69, 9.17) is 4.52 Å². The van der Waals surface area contributed by atoms with Gasteiger partial charge in [0.25, 0.3) is 5.89 Å². The summed E-state index contributed by atoms with van der Waals surface area (Å²) in [6.07, 6.45) is 0. The molecule has 21 heavy (non-hydrogen) atoms. The fraction of sp³-hybridized carbons (Fsp3) is 0.500. The molecule has 2 heterocycles. The Hall–Kier alpha value is -1.72. The van der Waals surface area contributed by atoms with Gasteiger partial charge < -0.3 is 9.84 Å². The van der Waals surface area contributed by atoms with Gasteiger partial charge in [-0.05, 0) is 44.0 Å². The van der Waals surface area contributed by atoms with E-state index in [1.54, 1.807) is 0 Å². The molecule has 5 heteroatoms. The summed E-state index contributed by atoms with van der Waals surface area (Å²) >= 11 is 0. The van der Waals surface area contributed by atoms with Crippen LogP contribution in [0.4, 0.5) is 0 Å². The normalized spacial score (nSPS) is 17.9. The van der Waals surface area contributed by atoms with Gasteiger partial charge in [0.2, 0.25) is 0 Å². The van der Waals surface area contributed by atoms with E-state index in [0.717, 1.165) is 37.6 Å². The van der Waals surface area contributed by atoms with Gasteiger partial charge >= 0.3 is 0 Å². The lowest BCUT2D eigenvalue weighted by Gasteiger charge is -2.30. The monoisotopic (exact) mass is 286 g/mol. The third-order valence-corrected chi connectivity index (χ3v) is 4.27. The third kappa shape index (κ3) is 2.99. The van der Waals surface area contributed by atoms with Crippen LogP contribution in [0, 0.1) is 13.8 Å². The third-order valence-electron chi connectivity index (χ3n) is 4.27. The summed E-state index contributed by atoms with van der Waals surface area (Å²) in [6, 6.07) is 6.42. The highest BCUT2D eigenvalue weighted by molar-refractivity contribution is 5.55. The summed E-state index contributed by atoms with van der Waals surface area (Å²) in [5.41, 5.74) is 3.50. The van der Waals surface area contributed by atoms with E-state index in [9.17, 15) is 0 Å². The quantitative estimate of drug-likeness (QED) is 0.938. The highest BCUT2D eigenvalue weighted by atomic mass is 16.5. The Bertz CT molecular complexity index is 616. The first-order chi connectivity index (χ1) is 10.1. The molecule has 1 aliphatic rings. The van der Waals surface area contributed by atoms with E-state index >= 15 is 0 Å². The Balaban J connectivity index is 1.80. The predicted octanol–water partition coefficient (Wildman–Crippen LogP) is 2.32. The zero-order valence-corrected chi connectivity index (χ0v) is 12.9. The summed E-state index contributed by atoms with van der Waals surface area (Å²) in [7, 11) is 0. The van der Waals surface area contributed by atoms with Gasteiger partial charge in [-0.25, -0.2) is 0 Å². The number of hydrogen-bond acceptors (Lipinski definition) is 5. The molecule has 1 aromatic carbocycles. The van der Waals surface area contributed by atoms with Crippen LogP contribution in [0.3, 0.4) is 0 Å². The predicted molar refractivity (Wildman–Crippen MR) is 82.1 cm³/mol. The van der Waals surface area contributed by atoms with Gasteiger partial charge in [-0.1, -0.05) is 11.2 Å². The SMILES string of the molecule is Cc1ccc(-c2nc(C(C)N3CCNCC3)no2)cc1C. The molecular formula is C16H22N4O. The van der Waals surface area contributed by atoms with E-state index in [1.165, 1.54) is 11.1 Å². The highest BCUT2D eigenvalue weighted by Crippen LogP contribution is 2.24. The van der Waals surface area contributed by atoms with E-state index < -0.39 is 0 Å². The van der Waals surface area contributed by atoms with Gasteiger partial charge in [-0.3, -0.25) is 4.90 Å². The molecule has 1 N–H and O–H groups in total. The van der Waals surface area contributed by atoms with Gasteiger partial charge in [0.05, 0.1) is 6.04 Å². The first-order valence-electron chi connectivity index (χ1n) is 7.51. The van der Waals surface area contributed by atoms with Crippen molar-refractivity contribution in [2.45, 2.75) is 26.8 Å². The second-order valence-corrected chi connectivity index (χ2v) is 5.72. The number of hydrogen-bond donors (Lipinski definition) is 1. The molecule has 1 unspecified atom stereocenters. The topological polar surface area (TPSA) is 54.2 Å². The molecule has 0 bridgehead atoms. The van der Waals surface area contributed by atoms with Crippen LogP contribution in [0.1, 0.15) is 29.9 Å². The maximum atomic E-state index is 5.45. The van der Waals surface area contributed by atoms with Crippen LogP contribution in [0.5, 0.6) is 0 Å². The van der Waals surface area contributed by atoms with Crippen molar-refractivity contribution in [3.05, 3.63) is 35.2 Å². The van der Waals surface area contributed by atoms with Crippen LogP contribution in [-0.4, -0.2) is 41.2 Å². The van der Waals surface area contributed by atoms with Crippen LogP contribution >= 0.6 is 0 Å². The van der Waals surface area contributed by atoms with Crippen molar-refractivity contribution < 1.29 is 4.52 Å². The van der Waals surface area contributed by atoms with Crippen LogP contribution in [0.15, 0.2) is 22.7 Å². The first kappa shape index (κ1) is 14.2. The van der Waals surface area contributed by atoms with Crippen molar-refractivity contribution in [3.63, 3.8) is 0 Å². The van der Waals surface area contributed by atoms with E-state index in [2.05, 4.69) is 53.3 Å². The maximum absolute atomic E-state index is 5.45. The molecule has 1 fully saturated rings. The lowest BCUT2D eigenvalue weighted by molar-refractivity contribution is 0.176. The number of nitrogens with zero attached hydrogens (tertiary/aromatic N) is 3. The van der Waals surface area contributed by atoms with E-state index in [-0.39, 0.29) is 6.04 Å². The van der Waals surface area contributed by atoms with Crippen LogP contribution in [0.2, 0.25) is 0 Å². The van der Waals surface area contributed by atoms with Gasteiger partial charge in [0.1, 0.15) is 0 Å². The van der Waals surface area contributed by atoms with Crippen LogP contribution in [0.25, 0.3) is 11.5 Å². The highest BCUT2D eigenvalue weighted by Gasteiger charge is 2.22. The zero-order valence-electron chi connectivity index (χ0n) is 12.9. The van der Waals surface area contributed by atoms with Crippen molar-refractivity contribution in [2.24, 2.45) is 0 Å². The molecule has 3 rings (SSSR count). The molecule has 0 radical (unpaired) electrons. The Morgan fingerprint density at radius 2 is 1.95 bits per heavy atom. The second kappa shape index (κ2) is 5.95. The Kier molecular flexibility index (Phi) is 4.03. The average Bonchev–Trinajstić information content (AvgIpc) is 3.00. The maximum Gasteiger partial charge on any atom is 0.257 e. The zero-order chi connectivity index (χ0) is 14.8. The molecule has 1 saturated heterocycles. The average molecular weight is 286 g/mol. The molecule has 0 spiro atoms. The molecule has 0 saturated carbocycles. The van der Waals surface area contributed by atoms with Crippen molar-refractivity contribution >= 4 is 0 Å². The van der Waals surface area contributed by atoms with Crippen LogP contribution < -0.4 is 5.32 Å². The molecule has 0 amide bonds. The summed E-state index contributed by atoms with van der Waals surface area (Å²) < 4.78 is 5.45. The molecule has 0 aliphatic carbocycles. The van der Waals surface area contributed by atoms with Crippen molar-refractivity contribution in [1.82, 2.24) is 20.4 Å². The summed E-state index contributed by atoms with van der Waals surface area (Å²) in [6.45, 7) is 10.4. The van der Waals surface area contributed by atoms with Gasteiger partial charge in [-0.15, -0.1) is 0 Å². The second-order valence-electron chi connectivity index (χ2n) is 5.72. The molecule has 5 nitrogen and oxygen atoms in total. The van der Waals surface area contributed by atoms with Crippen LogP contribution in [-0.2, 0) is 0 Å². The molecule has 112 valence electrons. The summed E-state index contributed by atoms with van der Waals surface area (Å²) in [4.78, 5) is 6.97. The molecular weight excluding hydrogens is 264 g/mol. The minimum absolute atomic E-state index is 0.191. The minimum atomic E-state index is 0.191. The smallest absolute Gasteiger partial charge is 0.257 e. The number of aromatic nitrogens is 2. The number of benzene rings is 1. The summed E-state index contributed by atoms with van der Waals surface area (Å²) in [5.74, 6) is 1.38. The van der Waals surface area contributed by atoms with E-state index in [0.29, 0.717) is 5.89 Å². The Morgan fingerprint density at radius 1 is 1.19 bits per heavy atom. The largest absolute Gasteiger partial charge is 0.334 e. The molecule has 1 aliphatic heterocycles. The molecule has 1 aromatic heterocycles. The number of rotatable bonds is 3. The van der Waals surface area contributed by atoms with Crippen molar-refractivity contribution in [2.75, 3.05) is 26.2 Å². The number of nitrogens with one attached hydrogen (secondary N) is 1. The fourth-order valence-electron chi connectivity index (χ4n) is 2.63. The van der Waals surface area contributed by atoms with Crippen molar-refractivity contribution in [3.8, 4) is 11.5 Å². The fourth-order valence-corrected chi connectivity index (χ4v) is 2.63.